The molecule has 0 saturated carbocycles. The number of hydrogen-bond donors (Lipinski definition) is 0. The average Bonchev–Trinajstić information content (AvgIpc) is 3.03. The molecule has 24 heavy (non-hydrogen) atoms. The molecule has 1 saturated heterocycles. The van der Waals surface area contributed by atoms with Crippen LogP contribution >= 0.6 is 0 Å². The molecule has 1 aromatic carbocycles. The largest absolute Gasteiger partial charge is 0.416 e. The number of hydrogen-bond acceptors (Lipinski definition) is 2. The molecule has 0 bridgehead atoms. The van der Waals surface area contributed by atoms with Crippen LogP contribution in [-0.2, 0) is 19.3 Å². The number of rotatable bonds is 4. The molecule has 6 heteroatoms. The normalized spacial score (nSPS) is 19.6. The van der Waals surface area contributed by atoms with E-state index in [9.17, 15) is 13.2 Å². The molecule has 3 rings (SSSR count). The lowest BCUT2D eigenvalue weighted by Crippen LogP contribution is -2.34. The summed E-state index contributed by atoms with van der Waals surface area (Å²) in [6.07, 6.45) is 1.77. The quantitative estimate of drug-likeness (QED) is 0.829. The van der Waals surface area contributed by atoms with Gasteiger partial charge in [-0.25, -0.2) is 4.98 Å². The zero-order valence-electron chi connectivity index (χ0n) is 13.8. The lowest BCUT2D eigenvalue weighted by molar-refractivity contribution is -0.137. The predicted molar refractivity (Wildman–Crippen MR) is 86.6 cm³/mol. The third kappa shape index (κ3) is 3.80. The maximum absolute atomic E-state index is 12.6. The fourth-order valence-corrected chi connectivity index (χ4v) is 3.42. The number of aromatic nitrogens is 2. The molecule has 0 aliphatic carbocycles. The molecule has 1 atom stereocenters. The summed E-state index contributed by atoms with van der Waals surface area (Å²) < 4.78 is 40.1. The zero-order chi connectivity index (χ0) is 17.2. The van der Waals surface area contributed by atoms with E-state index in [4.69, 9.17) is 0 Å². The van der Waals surface area contributed by atoms with Gasteiger partial charge in [0, 0.05) is 37.9 Å². The van der Waals surface area contributed by atoms with Gasteiger partial charge in [0.1, 0.15) is 5.82 Å². The summed E-state index contributed by atoms with van der Waals surface area (Å²) in [5, 5.41) is 0. The maximum Gasteiger partial charge on any atom is 0.416 e. The molecule has 3 nitrogen and oxygen atoms in total. The first kappa shape index (κ1) is 17.0. The number of benzene rings is 1. The second-order valence-electron chi connectivity index (χ2n) is 6.34. The second kappa shape index (κ2) is 6.97. The standard InChI is InChI=1S/C18H22F3N3/c1-2-24-11-9-22-17(24)15-4-3-10-23(13-15)12-14-5-7-16(8-6-14)18(19,20)21/h5-9,11,15H,2-4,10,12-13H2,1H3. The topological polar surface area (TPSA) is 21.1 Å². The first-order valence-corrected chi connectivity index (χ1v) is 8.37. The zero-order valence-corrected chi connectivity index (χ0v) is 13.8. The minimum Gasteiger partial charge on any atom is -0.335 e. The van der Waals surface area contributed by atoms with Crippen LogP contribution in [0.5, 0.6) is 0 Å². The summed E-state index contributed by atoms with van der Waals surface area (Å²) >= 11 is 0. The van der Waals surface area contributed by atoms with Crippen molar-refractivity contribution in [3.63, 3.8) is 0 Å². The van der Waals surface area contributed by atoms with Crippen LogP contribution in [0.4, 0.5) is 13.2 Å². The molecule has 1 unspecified atom stereocenters. The lowest BCUT2D eigenvalue weighted by Gasteiger charge is -2.32. The molecule has 1 aliphatic rings. The van der Waals surface area contributed by atoms with Gasteiger partial charge in [0.2, 0.25) is 0 Å². The van der Waals surface area contributed by atoms with Gasteiger partial charge in [-0.2, -0.15) is 13.2 Å². The summed E-state index contributed by atoms with van der Waals surface area (Å²) in [6.45, 7) is 5.57. The van der Waals surface area contributed by atoms with Crippen molar-refractivity contribution in [1.82, 2.24) is 14.5 Å². The summed E-state index contributed by atoms with van der Waals surface area (Å²) in [7, 11) is 0. The van der Waals surface area contributed by atoms with Gasteiger partial charge < -0.3 is 4.57 Å². The van der Waals surface area contributed by atoms with Gasteiger partial charge in [-0.1, -0.05) is 12.1 Å². The highest BCUT2D eigenvalue weighted by Crippen LogP contribution is 2.30. The fourth-order valence-electron chi connectivity index (χ4n) is 3.42. The second-order valence-corrected chi connectivity index (χ2v) is 6.34. The summed E-state index contributed by atoms with van der Waals surface area (Å²) in [5.41, 5.74) is 0.329. The highest BCUT2D eigenvalue weighted by molar-refractivity contribution is 5.24. The number of nitrogens with zero attached hydrogens (tertiary/aromatic N) is 3. The first-order valence-electron chi connectivity index (χ1n) is 8.37. The summed E-state index contributed by atoms with van der Waals surface area (Å²) in [4.78, 5) is 6.81. The minimum atomic E-state index is -4.27. The van der Waals surface area contributed by atoms with Crippen molar-refractivity contribution in [3.05, 3.63) is 53.6 Å². The van der Waals surface area contributed by atoms with Crippen LogP contribution < -0.4 is 0 Å². The molecule has 2 aromatic rings. The Labute approximate surface area is 140 Å². The van der Waals surface area contributed by atoms with Crippen molar-refractivity contribution in [2.75, 3.05) is 13.1 Å². The van der Waals surface area contributed by atoms with Gasteiger partial charge in [0.25, 0.3) is 0 Å². The Hall–Kier alpha value is -1.82. The average molecular weight is 337 g/mol. The molecule has 130 valence electrons. The van der Waals surface area contributed by atoms with Gasteiger partial charge in [-0.3, -0.25) is 4.90 Å². The summed E-state index contributed by atoms with van der Waals surface area (Å²) in [5.74, 6) is 1.51. The van der Waals surface area contributed by atoms with E-state index in [0.717, 1.165) is 43.9 Å². The van der Waals surface area contributed by atoms with E-state index >= 15 is 0 Å². The van der Waals surface area contributed by atoms with Crippen LogP contribution in [0.25, 0.3) is 0 Å². The Morgan fingerprint density at radius 1 is 1.21 bits per heavy atom. The highest BCUT2D eigenvalue weighted by Gasteiger charge is 2.30. The lowest BCUT2D eigenvalue weighted by atomic mass is 9.96. The van der Waals surface area contributed by atoms with Crippen molar-refractivity contribution in [2.45, 2.75) is 44.9 Å². The van der Waals surface area contributed by atoms with E-state index in [1.54, 1.807) is 12.1 Å². The van der Waals surface area contributed by atoms with Crippen LogP contribution in [0.1, 0.15) is 42.6 Å². The van der Waals surface area contributed by atoms with E-state index in [-0.39, 0.29) is 0 Å². The molecule has 0 amide bonds. The molecule has 0 radical (unpaired) electrons. The van der Waals surface area contributed by atoms with Gasteiger partial charge in [0.05, 0.1) is 5.56 Å². The SMILES string of the molecule is CCn1ccnc1C1CCCN(Cc2ccc(C(F)(F)F)cc2)C1. The number of alkyl halides is 3. The van der Waals surface area contributed by atoms with Crippen LogP contribution in [0, 0.1) is 0 Å². The molecular formula is C18H22F3N3. The molecule has 0 N–H and O–H groups in total. The number of imidazole rings is 1. The summed E-state index contributed by atoms with van der Waals surface area (Å²) in [6, 6.07) is 5.50. The van der Waals surface area contributed by atoms with E-state index < -0.39 is 11.7 Å². The van der Waals surface area contributed by atoms with Gasteiger partial charge in [-0.05, 0) is 44.0 Å². The van der Waals surface area contributed by atoms with Crippen molar-refractivity contribution >= 4 is 0 Å². The molecule has 0 spiro atoms. The molecule has 1 aromatic heterocycles. The monoisotopic (exact) mass is 337 g/mol. The fraction of sp³-hybridized carbons (Fsp3) is 0.500. The Balaban J connectivity index is 1.65. The number of likely N-dealkylation sites (tertiary alicyclic amines) is 1. The van der Waals surface area contributed by atoms with Crippen LogP contribution in [-0.4, -0.2) is 27.5 Å². The van der Waals surface area contributed by atoms with E-state index in [0.29, 0.717) is 12.5 Å². The Kier molecular flexibility index (Phi) is 4.94. The number of aryl methyl sites for hydroxylation is 1. The molecule has 1 fully saturated rings. The predicted octanol–water partition coefficient (Wildman–Crippen LogP) is 4.30. The first-order chi connectivity index (χ1) is 11.5. The van der Waals surface area contributed by atoms with Crippen LogP contribution in [0.3, 0.4) is 0 Å². The Bertz CT molecular complexity index is 661. The maximum atomic E-state index is 12.6. The third-order valence-electron chi connectivity index (χ3n) is 4.65. The number of halogens is 3. The van der Waals surface area contributed by atoms with Gasteiger partial charge >= 0.3 is 6.18 Å². The minimum absolute atomic E-state index is 0.392. The van der Waals surface area contributed by atoms with Gasteiger partial charge in [-0.15, -0.1) is 0 Å². The Morgan fingerprint density at radius 3 is 2.62 bits per heavy atom. The van der Waals surface area contributed by atoms with E-state index in [2.05, 4.69) is 21.4 Å². The van der Waals surface area contributed by atoms with Crippen LogP contribution in [0.15, 0.2) is 36.7 Å². The van der Waals surface area contributed by atoms with Crippen molar-refractivity contribution in [2.24, 2.45) is 0 Å². The van der Waals surface area contributed by atoms with Crippen LogP contribution in [0.2, 0.25) is 0 Å². The Morgan fingerprint density at radius 2 is 1.96 bits per heavy atom. The van der Waals surface area contributed by atoms with Crippen molar-refractivity contribution in [1.29, 1.82) is 0 Å². The number of piperidine rings is 1. The highest BCUT2D eigenvalue weighted by atomic mass is 19.4. The van der Waals surface area contributed by atoms with Gasteiger partial charge in [0.15, 0.2) is 0 Å². The molecule has 1 aliphatic heterocycles. The van der Waals surface area contributed by atoms with Crippen molar-refractivity contribution in [3.8, 4) is 0 Å². The van der Waals surface area contributed by atoms with Crippen molar-refractivity contribution < 1.29 is 13.2 Å². The van der Waals surface area contributed by atoms with E-state index in [1.165, 1.54) is 12.1 Å². The third-order valence-corrected chi connectivity index (χ3v) is 4.65. The molecular weight excluding hydrogens is 315 g/mol. The van der Waals surface area contributed by atoms with E-state index in [1.807, 2.05) is 12.4 Å². The smallest absolute Gasteiger partial charge is 0.335 e. The molecule has 2 heterocycles.